The van der Waals surface area contributed by atoms with Crippen molar-refractivity contribution < 1.29 is 14.0 Å². The van der Waals surface area contributed by atoms with Gasteiger partial charge in [-0.05, 0) is 17.7 Å². The largest absolute Gasteiger partial charge is 0.320 e. The lowest BCUT2D eigenvalue weighted by molar-refractivity contribution is -0.145. The second-order valence-electron chi connectivity index (χ2n) is 5.65. The molecule has 2 atom stereocenters. The second-order valence-corrected chi connectivity index (χ2v) is 6.53. The first kappa shape index (κ1) is 16.1. The van der Waals surface area contributed by atoms with Crippen LogP contribution < -0.4 is 5.32 Å². The number of β-lactam (4-membered cyclic amide) rings is 1. The van der Waals surface area contributed by atoms with Crippen LogP contribution in [0.15, 0.2) is 47.6 Å². The number of fused-ring (bicyclic) bond motifs is 1. The van der Waals surface area contributed by atoms with Crippen molar-refractivity contribution >= 4 is 46.4 Å². The second kappa shape index (κ2) is 5.82. The SMILES string of the molecule is O=C1Nc2cc(Cl)c(F)cc2/C1=N/N1C(=O)[C@H](Cl)[C@H]1c1ccccc1. The molecule has 0 aliphatic carbocycles. The third-order valence-corrected chi connectivity index (χ3v) is 4.85. The summed E-state index contributed by atoms with van der Waals surface area (Å²) in [5.41, 5.74) is 1.35. The van der Waals surface area contributed by atoms with Crippen LogP contribution in [-0.4, -0.2) is 27.9 Å². The quantitative estimate of drug-likeness (QED) is 0.644. The molecule has 0 unspecified atom stereocenters. The molecule has 25 heavy (non-hydrogen) atoms. The van der Waals surface area contributed by atoms with Gasteiger partial charge in [0, 0.05) is 5.56 Å². The maximum absolute atomic E-state index is 13.8. The zero-order valence-corrected chi connectivity index (χ0v) is 14.1. The maximum atomic E-state index is 13.8. The Morgan fingerprint density at radius 2 is 1.88 bits per heavy atom. The Bertz CT molecular complexity index is 933. The number of hydrogen-bond donors (Lipinski definition) is 1. The highest BCUT2D eigenvalue weighted by molar-refractivity contribution is 6.54. The molecule has 0 bridgehead atoms. The highest BCUT2D eigenvalue weighted by Crippen LogP contribution is 2.40. The van der Waals surface area contributed by atoms with Crippen molar-refractivity contribution in [3.05, 3.63) is 64.4 Å². The lowest BCUT2D eigenvalue weighted by Crippen LogP contribution is -2.53. The summed E-state index contributed by atoms with van der Waals surface area (Å²) in [5.74, 6) is -1.62. The molecule has 5 nitrogen and oxygen atoms in total. The van der Waals surface area contributed by atoms with Crippen molar-refractivity contribution in [2.45, 2.75) is 11.4 Å². The van der Waals surface area contributed by atoms with E-state index < -0.39 is 29.1 Å². The van der Waals surface area contributed by atoms with E-state index in [-0.39, 0.29) is 16.3 Å². The van der Waals surface area contributed by atoms with Crippen LogP contribution >= 0.6 is 23.2 Å². The molecule has 2 aromatic rings. The number of nitrogens with zero attached hydrogens (tertiary/aromatic N) is 2. The Labute approximate surface area is 152 Å². The molecule has 1 saturated heterocycles. The van der Waals surface area contributed by atoms with E-state index in [1.54, 1.807) is 0 Å². The summed E-state index contributed by atoms with van der Waals surface area (Å²) >= 11 is 11.9. The summed E-state index contributed by atoms with van der Waals surface area (Å²) in [6.07, 6.45) is 0. The number of hydrogen-bond acceptors (Lipinski definition) is 3. The van der Waals surface area contributed by atoms with Crippen molar-refractivity contribution in [2.24, 2.45) is 5.10 Å². The predicted octanol–water partition coefficient (Wildman–Crippen LogP) is 3.33. The van der Waals surface area contributed by atoms with Crippen LogP contribution in [0, 0.1) is 5.82 Å². The number of carbonyl (C=O) groups excluding carboxylic acids is 2. The number of carbonyl (C=O) groups is 2. The van der Waals surface area contributed by atoms with Crippen LogP contribution in [0.1, 0.15) is 17.2 Å². The fraction of sp³-hybridized carbons (Fsp3) is 0.118. The highest BCUT2D eigenvalue weighted by Gasteiger charge is 2.48. The minimum Gasteiger partial charge on any atom is -0.320 e. The minimum absolute atomic E-state index is 0.0524. The predicted molar refractivity (Wildman–Crippen MR) is 92.2 cm³/mol. The van der Waals surface area contributed by atoms with Crippen LogP contribution in [0.5, 0.6) is 0 Å². The first-order chi connectivity index (χ1) is 12.0. The zero-order chi connectivity index (χ0) is 17.7. The molecule has 126 valence electrons. The Morgan fingerprint density at radius 1 is 1.16 bits per heavy atom. The molecule has 1 N–H and O–H groups in total. The van der Waals surface area contributed by atoms with Gasteiger partial charge < -0.3 is 5.32 Å². The summed E-state index contributed by atoms with van der Waals surface area (Å²) in [6, 6.07) is 11.1. The van der Waals surface area contributed by atoms with Crippen LogP contribution in [0.25, 0.3) is 0 Å². The van der Waals surface area contributed by atoms with Crippen LogP contribution in [0.4, 0.5) is 10.1 Å². The van der Waals surface area contributed by atoms with Gasteiger partial charge in [0.1, 0.15) is 17.2 Å². The average molecular weight is 378 g/mol. The number of halogens is 3. The number of nitrogens with one attached hydrogen (secondary N) is 1. The van der Waals surface area contributed by atoms with Crippen molar-refractivity contribution in [2.75, 3.05) is 5.32 Å². The molecular formula is C17H10Cl2FN3O2. The van der Waals surface area contributed by atoms with Gasteiger partial charge in [-0.15, -0.1) is 11.6 Å². The molecule has 2 aliphatic rings. The van der Waals surface area contributed by atoms with Crippen molar-refractivity contribution in [1.82, 2.24) is 5.01 Å². The lowest BCUT2D eigenvalue weighted by atomic mass is 9.95. The number of benzene rings is 2. The third kappa shape index (κ3) is 2.49. The van der Waals surface area contributed by atoms with Gasteiger partial charge in [0.05, 0.1) is 10.7 Å². The van der Waals surface area contributed by atoms with Crippen molar-refractivity contribution in [3.63, 3.8) is 0 Å². The van der Waals surface area contributed by atoms with Gasteiger partial charge in [-0.1, -0.05) is 41.9 Å². The van der Waals surface area contributed by atoms with Crippen molar-refractivity contribution in [3.8, 4) is 0 Å². The molecule has 2 amide bonds. The van der Waals surface area contributed by atoms with Crippen LogP contribution in [0.3, 0.4) is 0 Å². The molecule has 0 spiro atoms. The van der Waals surface area contributed by atoms with Gasteiger partial charge in [0.15, 0.2) is 5.71 Å². The number of alkyl halides is 1. The molecule has 2 aromatic carbocycles. The topological polar surface area (TPSA) is 61.8 Å². The molecule has 1 fully saturated rings. The van der Waals surface area contributed by atoms with E-state index in [4.69, 9.17) is 23.2 Å². The fourth-order valence-electron chi connectivity index (χ4n) is 2.87. The zero-order valence-electron chi connectivity index (χ0n) is 12.5. The van der Waals surface area contributed by atoms with E-state index >= 15 is 0 Å². The van der Waals surface area contributed by atoms with Crippen LogP contribution in [0.2, 0.25) is 5.02 Å². The normalized spacial score (nSPS) is 23.5. The summed E-state index contributed by atoms with van der Waals surface area (Å²) in [6.45, 7) is 0. The fourth-order valence-corrected chi connectivity index (χ4v) is 3.39. The monoisotopic (exact) mass is 377 g/mol. The van der Waals surface area contributed by atoms with Gasteiger partial charge >= 0.3 is 0 Å². The molecular weight excluding hydrogens is 368 g/mol. The molecule has 0 radical (unpaired) electrons. The Balaban J connectivity index is 1.75. The lowest BCUT2D eigenvalue weighted by Gasteiger charge is -2.40. The summed E-state index contributed by atoms with van der Waals surface area (Å²) in [5, 5.41) is 7.00. The van der Waals surface area contributed by atoms with Gasteiger partial charge in [0.25, 0.3) is 11.8 Å². The highest BCUT2D eigenvalue weighted by atomic mass is 35.5. The smallest absolute Gasteiger partial charge is 0.276 e. The average Bonchev–Trinajstić information content (AvgIpc) is 2.90. The van der Waals surface area contributed by atoms with E-state index in [1.165, 1.54) is 6.07 Å². The summed E-state index contributed by atoms with van der Waals surface area (Å²) in [7, 11) is 0. The molecule has 2 aliphatic heterocycles. The minimum atomic E-state index is -0.766. The number of hydrazone groups is 1. The summed E-state index contributed by atoms with van der Waals surface area (Å²) in [4.78, 5) is 24.3. The van der Waals surface area contributed by atoms with Gasteiger partial charge in [0.2, 0.25) is 0 Å². The van der Waals surface area contributed by atoms with Gasteiger partial charge in [-0.2, -0.15) is 5.10 Å². The van der Waals surface area contributed by atoms with E-state index in [0.29, 0.717) is 5.69 Å². The Kier molecular flexibility index (Phi) is 3.74. The van der Waals surface area contributed by atoms with E-state index in [2.05, 4.69) is 10.4 Å². The Hall–Kier alpha value is -2.44. The van der Waals surface area contributed by atoms with Gasteiger partial charge in [-0.3, -0.25) is 9.59 Å². The molecule has 8 heteroatoms. The number of rotatable bonds is 2. The van der Waals surface area contributed by atoms with Gasteiger partial charge in [-0.25, -0.2) is 9.40 Å². The maximum Gasteiger partial charge on any atom is 0.276 e. The molecule has 2 heterocycles. The number of anilines is 1. The van der Waals surface area contributed by atoms with E-state index in [1.807, 2.05) is 30.3 Å². The Morgan fingerprint density at radius 3 is 2.60 bits per heavy atom. The van der Waals surface area contributed by atoms with E-state index in [0.717, 1.165) is 16.6 Å². The molecule has 4 rings (SSSR count). The summed E-state index contributed by atoms with van der Waals surface area (Å²) < 4.78 is 13.8. The van der Waals surface area contributed by atoms with Crippen LogP contribution in [-0.2, 0) is 9.59 Å². The van der Waals surface area contributed by atoms with E-state index in [9.17, 15) is 14.0 Å². The first-order valence-corrected chi connectivity index (χ1v) is 8.20. The third-order valence-electron chi connectivity index (χ3n) is 4.13. The van der Waals surface area contributed by atoms with Crippen molar-refractivity contribution in [1.29, 1.82) is 0 Å². The molecule has 0 aromatic heterocycles. The first-order valence-electron chi connectivity index (χ1n) is 7.39. The number of amides is 2. The molecule has 0 saturated carbocycles. The standard InChI is InChI=1S/C17H10Cl2FN3O2/c18-10-7-12-9(6-11(10)20)14(16(24)21-12)22-23-15(13(19)17(23)25)8-4-2-1-3-5-8/h1-7,13,15H,(H,21,22,24)/t13-,15-/m1/s1.